The molecule has 22 heavy (non-hydrogen) atoms. The van der Waals surface area contributed by atoms with Gasteiger partial charge in [-0.05, 0) is 26.0 Å². The van der Waals surface area contributed by atoms with Crippen molar-refractivity contribution in [2.75, 3.05) is 39.6 Å². The van der Waals surface area contributed by atoms with Crippen LogP contribution in [0.4, 0.5) is 0 Å². The highest BCUT2D eigenvalue weighted by Crippen LogP contribution is 2.30. The number of ether oxygens (including phenoxy) is 4. The summed E-state index contributed by atoms with van der Waals surface area (Å²) in [6, 6.07) is 3.91. The van der Waals surface area contributed by atoms with Crippen molar-refractivity contribution in [3.05, 3.63) is 18.2 Å². The largest absolute Gasteiger partial charge is 0.487 e. The van der Waals surface area contributed by atoms with Crippen LogP contribution in [0.3, 0.4) is 0 Å². The first kappa shape index (κ1) is 18.7. The fourth-order valence-electron chi connectivity index (χ4n) is 1.59. The van der Waals surface area contributed by atoms with Crippen molar-refractivity contribution < 1.29 is 31.9 Å². The molecule has 0 atom stereocenters. The summed E-state index contributed by atoms with van der Waals surface area (Å²) < 4.78 is 52.7. The minimum Gasteiger partial charge on any atom is -0.487 e. The van der Waals surface area contributed by atoms with Crippen molar-refractivity contribution in [1.82, 2.24) is 0 Å². The van der Waals surface area contributed by atoms with E-state index in [4.69, 9.17) is 23.5 Å². The number of hydrogen-bond donors (Lipinski definition) is 1. The number of rotatable bonds is 11. The Kier molecular flexibility index (Phi) is 8.18. The Hall–Kier alpha value is -1.35. The Morgan fingerprint density at radius 1 is 0.909 bits per heavy atom. The zero-order valence-electron chi connectivity index (χ0n) is 12.8. The molecular formula is C14H22O7S. The van der Waals surface area contributed by atoms with Crippen LogP contribution in [0.25, 0.3) is 0 Å². The molecule has 0 aliphatic heterocycles. The van der Waals surface area contributed by atoms with Crippen LogP contribution in [0.15, 0.2) is 23.1 Å². The zero-order chi connectivity index (χ0) is 16.4. The predicted molar refractivity (Wildman–Crippen MR) is 80.2 cm³/mol. The van der Waals surface area contributed by atoms with Gasteiger partial charge in [0.1, 0.15) is 13.2 Å². The molecule has 0 spiro atoms. The van der Waals surface area contributed by atoms with Crippen molar-refractivity contribution in [2.24, 2.45) is 0 Å². The van der Waals surface area contributed by atoms with Crippen molar-refractivity contribution in [1.29, 1.82) is 0 Å². The normalized spacial score (nSPS) is 11.4. The molecule has 1 N–H and O–H groups in total. The molecule has 0 aliphatic rings. The van der Waals surface area contributed by atoms with Crippen molar-refractivity contribution in [3.8, 4) is 11.5 Å². The van der Waals surface area contributed by atoms with Gasteiger partial charge < -0.3 is 18.9 Å². The fourth-order valence-corrected chi connectivity index (χ4v) is 2.09. The van der Waals surface area contributed by atoms with Gasteiger partial charge in [0.2, 0.25) is 0 Å². The molecule has 0 amide bonds. The highest BCUT2D eigenvalue weighted by Gasteiger charge is 2.14. The highest BCUT2D eigenvalue weighted by molar-refractivity contribution is 7.85. The summed E-state index contributed by atoms with van der Waals surface area (Å²) in [6.45, 7) is 6.21. The van der Waals surface area contributed by atoms with Crippen LogP contribution in [0.2, 0.25) is 0 Å². The molecule has 0 bridgehead atoms. The molecule has 8 heteroatoms. The molecule has 0 radical (unpaired) electrons. The Labute approximate surface area is 130 Å². The van der Waals surface area contributed by atoms with Crippen LogP contribution in [-0.2, 0) is 19.6 Å². The summed E-state index contributed by atoms with van der Waals surface area (Å²) >= 11 is 0. The van der Waals surface area contributed by atoms with Crippen LogP contribution in [0, 0.1) is 0 Å². The molecule has 0 saturated carbocycles. The molecule has 1 aromatic rings. The summed E-state index contributed by atoms with van der Waals surface area (Å²) in [5.74, 6) is 0.606. The minimum absolute atomic E-state index is 0.228. The standard InChI is InChI=1S/C14H22O7S/c1-3-18-7-9-20-13-6-5-12(22(15,16)17)11-14(13)21-10-8-19-4-2/h5-6,11H,3-4,7-10H2,1-2H3,(H,15,16,17). The van der Waals surface area contributed by atoms with Gasteiger partial charge in [-0.2, -0.15) is 8.42 Å². The second-order valence-electron chi connectivity index (χ2n) is 4.17. The van der Waals surface area contributed by atoms with Crippen LogP contribution < -0.4 is 9.47 Å². The predicted octanol–water partition coefficient (Wildman–Crippen LogP) is 1.76. The van der Waals surface area contributed by atoms with E-state index in [1.807, 2.05) is 13.8 Å². The number of benzene rings is 1. The van der Waals surface area contributed by atoms with E-state index in [-0.39, 0.29) is 17.3 Å². The van der Waals surface area contributed by atoms with Gasteiger partial charge in [0.15, 0.2) is 11.5 Å². The molecule has 0 aromatic heterocycles. The van der Waals surface area contributed by atoms with Crippen LogP contribution in [0.1, 0.15) is 13.8 Å². The molecule has 0 unspecified atom stereocenters. The topological polar surface area (TPSA) is 91.3 Å². The molecule has 0 fully saturated rings. The summed E-state index contributed by atoms with van der Waals surface area (Å²) in [4.78, 5) is -0.254. The van der Waals surface area contributed by atoms with Crippen molar-refractivity contribution in [2.45, 2.75) is 18.7 Å². The van der Waals surface area contributed by atoms with Gasteiger partial charge >= 0.3 is 0 Å². The molecule has 0 heterocycles. The van der Waals surface area contributed by atoms with Crippen LogP contribution >= 0.6 is 0 Å². The number of hydrogen-bond acceptors (Lipinski definition) is 6. The van der Waals surface area contributed by atoms with E-state index >= 15 is 0 Å². The lowest BCUT2D eigenvalue weighted by atomic mass is 10.3. The summed E-state index contributed by atoms with van der Waals surface area (Å²) in [6.07, 6.45) is 0. The Morgan fingerprint density at radius 3 is 1.95 bits per heavy atom. The zero-order valence-corrected chi connectivity index (χ0v) is 13.6. The Morgan fingerprint density at radius 2 is 1.45 bits per heavy atom. The molecular weight excluding hydrogens is 312 g/mol. The molecule has 126 valence electrons. The second kappa shape index (κ2) is 9.62. The SMILES string of the molecule is CCOCCOc1ccc(S(=O)(=O)O)cc1OCCOCC. The molecule has 7 nitrogen and oxygen atoms in total. The van der Waals surface area contributed by atoms with Gasteiger partial charge in [-0.3, -0.25) is 4.55 Å². The highest BCUT2D eigenvalue weighted by atomic mass is 32.2. The van der Waals surface area contributed by atoms with Crippen LogP contribution in [-0.4, -0.2) is 52.6 Å². The Bertz CT molecular complexity index is 542. The van der Waals surface area contributed by atoms with Gasteiger partial charge in [0.05, 0.1) is 18.1 Å². The van der Waals surface area contributed by atoms with E-state index in [0.717, 1.165) is 0 Å². The van der Waals surface area contributed by atoms with E-state index in [1.54, 1.807) is 0 Å². The average Bonchev–Trinajstić information content (AvgIpc) is 2.48. The maximum Gasteiger partial charge on any atom is 0.294 e. The first-order valence-electron chi connectivity index (χ1n) is 7.01. The summed E-state index contributed by atoms with van der Waals surface area (Å²) in [5.41, 5.74) is 0. The minimum atomic E-state index is -4.30. The lowest BCUT2D eigenvalue weighted by molar-refractivity contribution is 0.0998. The smallest absolute Gasteiger partial charge is 0.294 e. The quantitative estimate of drug-likeness (QED) is 0.487. The molecule has 1 aromatic carbocycles. The molecule has 1 rings (SSSR count). The van der Waals surface area contributed by atoms with E-state index in [2.05, 4.69) is 0 Å². The molecule has 0 saturated heterocycles. The van der Waals surface area contributed by atoms with Gasteiger partial charge in [-0.1, -0.05) is 0 Å². The Balaban J connectivity index is 2.79. The maximum absolute atomic E-state index is 11.2. The first-order valence-corrected chi connectivity index (χ1v) is 8.45. The van der Waals surface area contributed by atoms with E-state index in [9.17, 15) is 8.42 Å². The maximum atomic E-state index is 11.2. The second-order valence-corrected chi connectivity index (χ2v) is 5.60. The third-order valence-corrected chi connectivity index (χ3v) is 3.44. The summed E-state index contributed by atoms with van der Waals surface area (Å²) in [7, 11) is -4.30. The van der Waals surface area contributed by atoms with Crippen molar-refractivity contribution >= 4 is 10.1 Å². The summed E-state index contributed by atoms with van der Waals surface area (Å²) in [5, 5.41) is 0. The third-order valence-electron chi connectivity index (χ3n) is 2.59. The van der Waals surface area contributed by atoms with E-state index < -0.39 is 10.1 Å². The third kappa shape index (κ3) is 6.61. The molecule has 0 aliphatic carbocycles. The average molecular weight is 334 g/mol. The van der Waals surface area contributed by atoms with Gasteiger partial charge in [-0.15, -0.1) is 0 Å². The van der Waals surface area contributed by atoms with E-state index in [0.29, 0.717) is 38.8 Å². The first-order chi connectivity index (χ1) is 10.5. The fraction of sp³-hybridized carbons (Fsp3) is 0.571. The monoisotopic (exact) mass is 334 g/mol. The van der Waals surface area contributed by atoms with Crippen molar-refractivity contribution in [3.63, 3.8) is 0 Å². The van der Waals surface area contributed by atoms with Crippen LogP contribution in [0.5, 0.6) is 11.5 Å². The van der Waals surface area contributed by atoms with Gasteiger partial charge in [0, 0.05) is 19.3 Å². The lowest BCUT2D eigenvalue weighted by Crippen LogP contribution is -2.10. The van der Waals surface area contributed by atoms with Gasteiger partial charge in [-0.25, -0.2) is 0 Å². The lowest BCUT2D eigenvalue weighted by Gasteiger charge is -2.13. The van der Waals surface area contributed by atoms with Gasteiger partial charge in [0.25, 0.3) is 10.1 Å². The van der Waals surface area contributed by atoms with E-state index in [1.165, 1.54) is 18.2 Å².